The van der Waals surface area contributed by atoms with E-state index in [1.807, 2.05) is 13.0 Å². The lowest BCUT2D eigenvalue weighted by atomic mass is 10.0. The molecule has 0 radical (unpaired) electrons. The van der Waals surface area contributed by atoms with Crippen molar-refractivity contribution in [3.63, 3.8) is 0 Å². The maximum atomic E-state index is 12.4. The van der Waals surface area contributed by atoms with Crippen LogP contribution >= 0.6 is 0 Å². The molecule has 3 aromatic rings. The van der Waals surface area contributed by atoms with E-state index >= 15 is 0 Å². The fourth-order valence-corrected chi connectivity index (χ4v) is 3.57. The SMILES string of the molecule is CCCOc1ccc(S(=O)(=O)O)c(-c2ccccc2NC(=O)Nc2ccccc2)c1. The first-order valence-corrected chi connectivity index (χ1v) is 10.8. The van der Waals surface area contributed by atoms with E-state index in [4.69, 9.17) is 4.74 Å². The normalized spacial score (nSPS) is 11.0. The highest BCUT2D eigenvalue weighted by Crippen LogP contribution is 2.35. The number of carbonyl (C=O) groups excluding carboxylic acids is 1. The summed E-state index contributed by atoms with van der Waals surface area (Å²) in [5.41, 5.74) is 1.64. The summed E-state index contributed by atoms with van der Waals surface area (Å²) in [4.78, 5) is 12.2. The van der Waals surface area contributed by atoms with Crippen molar-refractivity contribution in [2.75, 3.05) is 17.2 Å². The van der Waals surface area contributed by atoms with Gasteiger partial charge in [0.1, 0.15) is 10.6 Å². The van der Waals surface area contributed by atoms with Crippen molar-refractivity contribution < 1.29 is 22.5 Å². The lowest BCUT2D eigenvalue weighted by molar-refractivity contribution is 0.262. The Morgan fingerprint density at radius 3 is 2.33 bits per heavy atom. The van der Waals surface area contributed by atoms with Gasteiger partial charge >= 0.3 is 6.03 Å². The first kappa shape index (κ1) is 21.4. The molecule has 30 heavy (non-hydrogen) atoms. The molecule has 0 saturated carbocycles. The topological polar surface area (TPSA) is 105 Å². The van der Waals surface area contributed by atoms with Gasteiger partial charge in [-0.2, -0.15) is 8.42 Å². The van der Waals surface area contributed by atoms with E-state index in [-0.39, 0.29) is 10.5 Å². The molecule has 3 rings (SSSR count). The standard InChI is InChI=1S/C22H22N2O5S/c1-2-14-29-17-12-13-21(30(26,27)28)19(15-17)18-10-6-7-11-20(18)24-22(25)23-16-8-4-3-5-9-16/h3-13,15H,2,14H2,1H3,(H2,23,24,25)(H,26,27,28). The predicted molar refractivity (Wildman–Crippen MR) is 117 cm³/mol. The minimum absolute atomic E-state index is 0.224. The monoisotopic (exact) mass is 426 g/mol. The van der Waals surface area contributed by atoms with Crippen molar-refractivity contribution in [1.82, 2.24) is 0 Å². The molecule has 8 heteroatoms. The van der Waals surface area contributed by atoms with Crippen LogP contribution in [0.3, 0.4) is 0 Å². The predicted octanol–water partition coefficient (Wildman–Crippen LogP) is 5.03. The molecule has 156 valence electrons. The molecule has 0 heterocycles. The highest BCUT2D eigenvalue weighted by molar-refractivity contribution is 7.86. The van der Waals surface area contributed by atoms with Crippen LogP contribution < -0.4 is 15.4 Å². The number of ether oxygens (including phenoxy) is 1. The molecule has 0 aromatic heterocycles. The van der Waals surface area contributed by atoms with Gasteiger partial charge in [0.25, 0.3) is 10.1 Å². The van der Waals surface area contributed by atoms with Gasteiger partial charge < -0.3 is 15.4 Å². The summed E-state index contributed by atoms with van der Waals surface area (Å²) < 4.78 is 39.2. The molecule has 0 aliphatic carbocycles. The third-order valence-electron chi connectivity index (χ3n) is 4.20. The molecular weight excluding hydrogens is 404 g/mol. The largest absolute Gasteiger partial charge is 0.494 e. The van der Waals surface area contributed by atoms with Gasteiger partial charge in [-0.25, -0.2) is 4.79 Å². The van der Waals surface area contributed by atoms with Crippen molar-refractivity contribution in [3.8, 4) is 16.9 Å². The number of hydrogen-bond acceptors (Lipinski definition) is 4. The molecular formula is C22H22N2O5S. The average Bonchev–Trinajstić information content (AvgIpc) is 2.72. The van der Waals surface area contributed by atoms with Crippen molar-refractivity contribution >= 4 is 27.5 Å². The Morgan fingerprint density at radius 2 is 1.63 bits per heavy atom. The number of rotatable bonds is 7. The van der Waals surface area contributed by atoms with Crippen LogP contribution in [-0.4, -0.2) is 25.6 Å². The fourth-order valence-electron chi connectivity index (χ4n) is 2.89. The Bertz CT molecular complexity index is 1130. The Kier molecular flexibility index (Phi) is 6.71. The van der Waals surface area contributed by atoms with E-state index < -0.39 is 16.1 Å². The molecule has 0 unspecified atom stereocenters. The molecule has 7 nitrogen and oxygen atoms in total. The van der Waals surface area contributed by atoms with Gasteiger partial charge in [0.15, 0.2) is 0 Å². The summed E-state index contributed by atoms with van der Waals surface area (Å²) in [7, 11) is -4.50. The molecule has 0 saturated heterocycles. The summed E-state index contributed by atoms with van der Waals surface area (Å²) >= 11 is 0. The molecule has 3 N–H and O–H groups in total. The van der Waals surface area contributed by atoms with E-state index in [1.54, 1.807) is 48.5 Å². The van der Waals surface area contributed by atoms with Gasteiger partial charge in [0.2, 0.25) is 0 Å². The molecule has 0 fully saturated rings. The highest BCUT2D eigenvalue weighted by Gasteiger charge is 2.20. The maximum absolute atomic E-state index is 12.4. The van der Waals surface area contributed by atoms with E-state index in [1.165, 1.54) is 18.2 Å². The Hall–Kier alpha value is -3.36. The lowest BCUT2D eigenvalue weighted by Crippen LogP contribution is -2.19. The van der Waals surface area contributed by atoms with Crippen molar-refractivity contribution in [1.29, 1.82) is 0 Å². The van der Waals surface area contributed by atoms with Crippen LogP contribution in [-0.2, 0) is 10.1 Å². The molecule has 0 aliphatic heterocycles. The molecule has 0 spiro atoms. The zero-order valence-corrected chi connectivity index (χ0v) is 17.1. The van der Waals surface area contributed by atoms with E-state index in [9.17, 15) is 17.8 Å². The number of hydrogen-bond donors (Lipinski definition) is 3. The van der Waals surface area contributed by atoms with Gasteiger partial charge in [0.05, 0.1) is 12.3 Å². The van der Waals surface area contributed by atoms with Gasteiger partial charge in [-0.05, 0) is 42.8 Å². The maximum Gasteiger partial charge on any atom is 0.323 e. The molecule has 0 bridgehead atoms. The Morgan fingerprint density at radius 1 is 0.933 bits per heavy atom. The number of carbonyl (C=O) groups is 1. The van der Waals surface area contributed by atoms with Crippen LogP contribution in [0.4, 0.5) is 16.2 Å². The summed E-state index contributed by atoms with van der Waals surface area (Å²) in [6, 6.07) is 19.5. The first-order chi connectivity index (χ1) is 14.4. The highest BCUT2D eigenvalue weighted by atomic mass is 32.2. The van der Waals surface area contributed by atoms with Gasteiger partial charge in [0, 0.05) is 16.8 Å². The summed E-state index contributed by atoms with van der Waals surface area (Å²) in [5.74, 6) is 0.461. The van der Waals surface area contributed by atoms with Crippen molar-refractivity contribution in [3.05, 3.63) is 72.8 Å². The summed E-state index contributed by atoms with van der Waals surface area (Å²) in [6.07, 6.45) is 0.785. The molecule has 2 amide bonds. The molecule has 0 aliphatic rings. The first-order valence-electron chi connectivity index (χ1n) is 9.35. The van der Waals surface area contributed by atoms with Gasteiger partial charge in [-0.1, -0.05) is 43.3 Å². The second-order valence-corrected chi connectivity index (χ2v) is 7.86. The van der Waals surface area contributed by atoms with Crippen LogP contribution in [0.15, 0.2) is 77.7 Å². The van der Waals surface area contributed by atoms with Gasteiger partial charge in [-0.15, -0.1) is 0 Å². The smallest absolute Gasteiger partial charge is 0.323 e. The lowest BCUT2D eigenvalue weighted by Gasteiger charge is -2.15. The van der Waals surface area contributed by atoms with E-state index in [2.05, 4.69) is 10.6 Å². The van der Waals surface area contributed by atoms with Crippen LogP contribution in [0, 0.1) is 0 Å². The second-order valence-electron chi connectivity index (χ2n) is 6.47. The molecule has 0 atom stereocenters. The number of benzene rings is 3. The Labute approximate surface area is 175 Å². The van der Waals surface area contributed by atoms with Crippen LogP contribution in [0.25, 0.3) is 11.1 Å². The quantitative estimate of drug-likeness (QED) is 0.460. The van der Waals surface area contributed by atoms with E-state index in [0.717, 1.165) is 6.42 Å². The van der Waals surface area contributed by atoms with Crippen LogP contribution in [0.5, 0.6) is 5.75 Å². The minimum Gasteiger partial charge on any atom is -0.494 e. The fraction of sp³-hybridized carbons (Fsp3) is 0.136. The number of para-hydroxylation sites is 2. The zero-order chi connectivity index (χ0) is 21.6. The van der Waals surface area contributed by atoms with E-state index in [0.29, 0.717) is 29.3 Å². The third kappa shape index (κ3) is 5.37. The average molecular weight is 426 g/mol. The number of nitrogens with one attached hydrogen (secondary N) is 2. The van der Waals surface area contributed by atoms with Crippen molar-refractivity contribution in [2.24, 2.45) is 0 Å². The minimum atomic E-state index is -4.50. The van der Waals surface area contributed by atoms with Crippen LogP contribution in [0.1, 0.15) is 13.3 Å². The van der Waals surface area contributed by atoms with Crippen LogP contribution in [0.2, 0.25) is 0 Å². The van der Waals surface area contributed by atoms with Crippen molar-refractivity contribution in [2.45, 2.75) is 18.2 Å². The zero-order valence-electron chi connectivity index (χ0n) is 16.3. The third-order valence-corrected chi connectivity index (χ3v) is 5.11. The number of anilines is 2. The summed E-state index contributed by atoms with van der Waals surface area (Å²) in [5, 5.41) is 5.44. The Balaban J connectivity index is 1.98. The van der Waals surface area contributed by atoms with Gasteiger partial charge in [-0.3, -0.25) is 4.55 Å². The summed E-state index contributed by atoms with van der Waals surface area (Å²) in [6.45, 7) is 2.42. The second kappa shape index (κ2) is 9.43. The number of amides is 2. The number of urea groups is 1. The molecule has 3 aromatic carbocycles.